The maximum absolute atomic E-state index is 12.4. The second kappa shape index (κ2) is 6.15. The number of hydrogen-bond acceptors (Lipinski definition) is 4. The van der Waals surface area contributed by atoms with Crippen LogP contribution in [-0.2, 0) is 11.3 Å². The second-order valence-corrected chi connectivity index (χ2v) is 6.03. The standard InChI is InChI=1S/C17H14N2O2S/c1-12-2-4-14(5-3-12)11-19-16(20)15(22-17(19)21)10-13-6-8-18-9-7-13/h2-10H,11H2,1H3/b15-10+. The molecule has 0 unspecified atom stereocenters. The maximum Gasteiger partial charge on any atom is 0.293 e. The molecule has 1 aliphatic heterocycles. The summed E-state index contributed by atoms with van der Waals surface area (Å²) in [6.07, 6.45) is 5.03. The first kappa shape index (κ1) is 14.5. The smallest absolute Gasteiger partial charge is 0.268 e. The van der Waals surface area contributed by atoms with Crippen LogP contribution in [0.25, 0.3) is 6.08 Å². The summed E-state index contributed by atoms with van der Waals surface area (Å²) >= 11 is 0.977. The van der Waals surface area contributed by atoms with Crippen LogP contribution in [0.3, 0.4) is 0 Å². The predicted molar refractivity (Wildman–Crippen MR) is 86.9 cm³/mol. The number of carbonyl (C=O) groups is 2. The van der Waals surface area contributed by atoms with E-state index in [-0.39, 0.29) is 11.1 Å². The lowest BCUT2D eigenvalue weighted by molar-refractivity contribution is -0.123. The van der Waals surface area contributed by atoms with E-state index in [2.05, 4.69) is 4.98 Å². The summed E-state index contributed by atoms with van der Waals surface area (Å²) in [6, 6.07) is 11.4. The fraction of sp³-hybridized carbons (Fsp3) is 0.118. The quantitative estimate of drug-likeness (QED) is 0.812. The van der Waals surface area contributed by atoms with Crippen LogP contribution in [-0.4, -0.2) is 21.0 Å². The SMILES string of the molecule is Cc1ccc(CN2C(=O)S/C(=C/c3ccncc3)C2=O)cc1. The summed E-state index contributed by atoms with van der Waals surface area (Å²) in [7, 11) is 0. The third-order valence-electron chi connectivity index (χ3n) is 3.34. The molecule has 0 spiro atoms. The minimum absolute atomic E-state index is 0.231. The molecule has 0 bridgehead atoms. The van der Waals surface area contributed by atoms with E-state index >= 15 is 0 Å². The van der Waals surface area contributed by atoms with Crippen molar-refractivity contribution in [2.75, 3.05) is 0 Å². The maximum atomic E-state index is 12.4. The minimum atomic E-state index is -0.243. The molecule has 2 amide bonds. The van der Waals surface area contributed by atoms with E-state index in [1.54, 1.807) is 30.6 Å². The number of pyridine rings is 1. The van der Waals surface area contributed by atoms with Crippen molar-refractivity contribution in [1.82, 2.24) is 9.88 Å². The Balaban J connectivity index is 1.80. The second-order valence-electron chi connectivity index (χ2n) is 5.03. The predicted octanol–water partition coefficient (Wildman–Crippen LogP) is 3.63. The fourth-order valence-corrected chi connectivity index (χ4v) is 2.96. The molecule has 2 heterocycles. The van der Waals surface area contributed by atoms with Crippen LogP contribution < -0.4 is 0 Å². The largest absolute Gasteiger partial charge is 0.293 e. The van der Waals surface area contributed by atoms with E-state index in [9.17, 15) is 9.59 Å². The first-order valence-corrected chi connectivity index (χ1v) is 7.66. The molecule has 5 heteroatoms. The van der Waals surface area contributed by atoms with Gasteiger partial charge in [-0.2, -0.15) is 0 Å². The minimum Gasteiger partial charge on any atom is -0.268 e. The van der Waals surface area contributed by atoms with Crippen molar-refractivity contribution >= 4 is 29.0 Å². The Bertz CT molecular complexity index is 739. The molecule has 1 saturated heterocycles. The van der Waals surface area contributed by atoms with Gasteiger partial charge in [-0.3, -0.25) is 19.5 Å². The molecule has 0 radical (unpaired) electrons. The Morgan fingerprint density at radius 3 is 2.45 bits per heavy atom. The molecular weight excluding hydrogens is 296 g/mol. The van der Waals surface area contributed by atoms with Crippen LogP contribution in [0.2, 0.25) is 0 Å². The molecule has 2 aromatic rings. The Morgan fingerprint density at radius 2 is 1.77 bits per heavy atom. The van der Waals surface area contributed by atoms with Crippen LogP contribution >= 0.6 is 11.8 Å². The van der Waals surface area contributed by atoms with Gasteiger partial charge in [0.05, 0.1) is 11.4 Å². The number of thioether (sulfide) groups is 1. The van der Waals surface area contributed by atoms with Gasteiger partial charge >= 0.3 is 0 Å². The van der Waals surface area contributed by atoms with Gasteiger partial charge < -0.3 is 0 Å². The van der Waals surface area contributed by atoms with Crippen LogP contribution in [0, 0.1) is 6.92 Å². The molecular formula is C17H14N2O2S. The molecule has 0 N–H and O–H groups in total. The normalized spacial score (nSPS) is 16.6. The van der Waals surface area contributed by atoms with Crippen molar-refractivity contribution in [2.45, 2.75) is 13.5 Å². The van der Waals surface area contributed by atoms with Crippen LogP contribution in [0.4, 0.5) is 4.79 Å². The number of aromatic nitrogens is 1. The lowest BCUT2D eigenvalue weighted by Crippen LogP contribution is -2.27. The molecule has 3 rings (SSSR count). The topological polar surface area (TPSA) is 50.3 Å². The van der Waals surface area contributed by atoms with Crippen molar-refractivity contribution in [1.29, 1.82) is 0 Å². The van der Waals surface area contributed by atoms with Crippen molar-refractivity contribution in [3.63, 3.8) is 0 Å². The lowest BCUT2D eigenvalue weighted by atomic mass is 10.1. The van der Waals surface area contributed by atoms with E-state index in [0.717, 1.165) is 28.5 Å². The number of benzene rings is 1. The molecule has 0 aliphatic carbocycles. The Hall–Kier alpha value is -2.40. The van der Waals surface area contributed by atoms with Gasteiger partial charge in [0.25, 0.3) is 11.1 Å². The highest BCUT2D eigenvalue weighted by Gasteiger charge is 2.34. The fourth-order valence-electron chi connectivity index (χ4n) is 2.12. The molecule has 1 fully saturated rings. The summed E-state index contributed by atoms with van der Waals surface area (Å²) in [5, 5.41) is -0.231. The lowest BCUT2D eigenvalue weighted by Gasteiger charge is -2.12. The highest BCUT2D eigenvalue weighted by Crippen LogP contribution is 2.33. The molecule has 1 aromatic heterocycles. The Labute approximate surface area is 132 Å². The number of hydrogen-bond donors (Lipinski definition) is 0. The van der Waals surface area contributed by atoms with E-state index in [1.807, 2.05) is 31.2 Å². The summed E-state index contributed by atoms with van der Waals surface area (Å²) in [4.78, 5) is 30.1. The number of aryl methyl sites for hydroxylation is 1. The van der Waals surface area contributed by atoms with Gasteiger partial charge in [-0.05, 0) is 48.0 Å². The van der Waals surface area contributed by atoms with Crippen LogP contribution in [0.1, 0.15) is 16.7 Å². The van der Waals surface area contributed by atoms with Crippen LogP contribution in [0.5, 0.6) is 0 Å². The highest BCUT2D eigenvalue weighted by molar-refractivity contribution is 8.18. The van der Waals surface area contributed by atoms with Gasteiger partial charge in [-0.15, -0.1) is 0 Å². The van der Waals surface area contributed by atoms with Gasteiger partial charge in [-0.1, -0.05) is 29.8 Å². The first-order valence-electron chi connectivity index (χ1n) is 6.84. The zero-order valence-electron chi connectivity index (χ0n) is 12.0. The van der Waals surface area contributed by atoms with Crippen LogP contribution in [0.15, 0.2) is 53.7 Å². The number of rotatable bonds is 3. The van der Waals surface area contributed by atoms with Gasteiger partial charge in [0.2, 0.25) is 0 Å². The average Bonchev–Trinajstić information content (AvgIpc) is 2.78. The van der Waals surface area contributed by atoms with Crippen molar-refractivity contribution < 1.29 is 9.59 Å². The van der Waals surface area contributed by atoms with Crippen molar-refractivity contribution in [3.05, 3.63) is 70.4 Å². The van der Waals surface area contributed by atoms with E-state index in [1.165, 1.54) is 4.90 Å². The first-order chi connectivity index (χ1) is 10.6. The van der Waals surface area contributed by atoms with Gasteiger partial charge in [0.1, 0.15) is 0 Å². The third kappa shape index (κ3) is 3.09. The van der Waals surface area contributed by atoms with E-state index < -0.39 is 0 Å². The third-order valence-corrected chi connectivity index (χ3v) is 4.25. The summed E-state index contributed by atoms with van der Waals surface area (Å²) in [6.45, 7) is 2.31. The van der Waals surface area contributed by atoms with Gasteiger partial charge in [0, 0.05) is 12.4 Å². The van der Waals surface area contributed by atoms with Crippen molar-refractivity contribution in [3.8, 4) is 0 Å². The van der Waals surface area contributed by atoms with Gasteiger partial charge in [0.15, 0.2) is 0 Å². The monoisotopic (exact) mass is 310 g/mol. The Kier molecular flexibility index (Phi) is 4.06. The highest BCUT2D eigenvalue weighted by atomic mass is 32.2. The molecule has 0 saturated carbocycles. The van der Waals surface area contributed by atoms with Gasteiger partial charge in [-0.25, -0.2) is 0 Å². The molecule has 1 aromatic carbocycles. The van der Waals surface area contributed by atoms with E-state index in [0.29, 0.717) is 11.4 Å². The molecule has 22 heavy (non-hydrogen) atoms. The number of amides is 2. The number of imide groups is 1. The average molecular weight is 310 g/mol. The molecule has 0 atom stereocenters. The summed E-state index contributed by atoms with van der Waals surface area (Å²) < 4.78 is 0. The zero-order chi connectivity index (χ0) is 15.5. The Morgan fingerprint density at radius 1 is 1.09 bits per heavy atom. The van der Waals surface area contributed by atoms with E-state index in [4.69, 9.17) is 0 Å². The summed E-state index contributed by atoms with van der Waals surface area (Å²) in [5.74, 6) is -0.243. The van der Waals surface area contributed by atoms with Crippen molar-refractivity contribution in [2.24, 2.45) is 0 Å². The molecule has 4 nitrogen and oxygen atoms in total. The number of carbonyl (C=O) groups excluding carboxylic acids is 2. The zero-order valence-corrected chi connectivity index (χ0v) is 12.8. The molecule has 110 valence electrons. The number of nitrogens with zero attached hydrogens (tertiary/aromatic N) is 2. The summed E-state index contributed by atoms with van der Waals surface area (Å²) in [5.41, 5.74) is 2.95. The molecule has 1 aliphatic rings.